The molecule has 2 rings (SSSR count). The maximum Gasteiger partial charge on any atom is 0.172 e. The van der Waals surface area contributed by atoms with E-state index in [9.17, 15) is 0 Å². The number of aromatic nitrogens is 1. The molecule has 6 heteroatoms. The Labute approximate surface area is 130 Å². The maximum absolute atomic E-state index is 6.06. The summed E-state index contributed by atoms with van der Waals surface area (Å²) in [5.74, 6) is 0.694. The predicted octanol–water partition coefficient (Wildman–Crippen LogP) is 3.98. The first-order valence-corrected chi connectivity index (χ1v) is 7.13. The quantitative estimate of drug-likeness (QED) is 0.816. The number of anilines is 1. The van der Waals surface area contributed by atoms with Gasteiger partial charge in [-0.2, -0.15) is 0 Å². The van der Waals surface area contributed by atoms with Gasteiger partial charge in [-0.15, -0.1) is 0 Å². The minimum atomic E-state index is 0.509. The Morgan fingerprint density at radius 3 is 2.74 bits per heavy atom. The van der Waals surface area contributed by atoms with Crippen LogP contribution < -0.4 is 10.6 Å². The molecule has 2 N–H and O–H groups in total. The summed E-state index contributed by atoms with van der Waals surface area (Å²) in [5, 5.41) is 7.32. The van der Waals surface area contributed by atoms with Crippen LogP contribution in [0.1, 0.15) is 5.56 Å². The lowest BCUT2D eigenvalue weighted by Crippen LogP contribution is -2.28. The van der Waals surface area contributed by atoms with Crippen molar-refractivity contribution in [3.8, 4) is 0 Å². The van der Waals surface area contributed by atoms with E-state index in [2.05, 4.69) is 31.5 Å². The van der Waals surface area contributed by atoms with Crippen molar-refractivity contribution in [2.45, 2.75) is 6.54 Å². The lowest BCUT2D eigenvalue weighted by molar-refractivity contribution is 0.925. The molecule has 0 amide bonds. The summed E-state index contributed by atoms with van der Waals surface area (Å²) in [4.78, 5) is 4.18. The van der Waals surface area contributed by atoms with Crippen molar-refractivity contribution in [3.63, 3.8) is 0 Å². The van der Waals surface area contributed by atoms with E-state index >= 15 is 0 Å². The summed E-state index contributed by atoms with van der Waals surface area (Å²) < 4.78 is 0.924. The molecule has 3 nitrogen and oxygen atoms in total. The van der Waals surface area contributed by atoms with E-state index in [0.717, 1.165) is 15.1 Å². The predicted molar refractivity (Wildman–Crippen MR) is 86.4 cm³/mol. The molecule has 0 spiro atoms. The van der Waals surface area contributed by atoms with E-state index in [1.165, 1.54) is 0 Å². The van der Waals surface area contributed by atoms with Gasteiger partial charge in [0, 0.05) is 22.2 Å². The monoisotopic (exact) mass is 355 g/mol. The summed E-state index contributed by atoms with van der Waals surface area (Å²) in [6, 6.07) is 11.4. The Morgan fingerprint density at radius 1 is 1.26 bits per heavy atom. The zero-order valence-corrected chi connectivity index (χ0v) is 13.0. The molecule has 0 saturated carbocycles. The SMILES string of the molecule is S=C(NCc1ccccc1Cl)Nc1ccc(Br)cn1. The minimum Gasteiger partial charge on any atom is -0.358 e. The summed E-state index contributed by atoms with van der Waals surface area (Å²) in [6.45, 7) is 0.571. The van der Waals surface area contributed by atoms with Gasteiger partial charge in [0.25, 0.3) is 0 Å². The number of benzene rings is 1. The number of thiocarbonyl (C=S) groups is 1. The lowest BCUT2D eigenvalue weighted by Gasteiger charge is -2.10. The molecule has 0 unspecified atom stereocenters. The molecule has 0 fully saturated rings. The standard InChI is InChI=1S/C13H11BrClN3S/c14-10-5-6-12(16-8-10)18-13(19)17-7-9-3-1-2-4-11(9)15/h1-6,8H,7H2,(H2,16,17,18,19). The van der Waals surface area contributed by atoms with Crippen LogP contribution in [-0.4, -0.2) is 10.1 Å². The summed E-state index contributed by atoms with van der Waals surface area (Å²) in [6.07, 6.45) is 1.71. The largest absolute Gasteiger partial charge is 0.358 e. The number of pyridine rings is 1. The fourth-order valence-corrected chi connectivity index (χ4v) is 2.04. The summed E-state index contributed by atoms with van der Waals surface area (Å²) in [5.41, 5.74) is 0.997. The number of rotatable bonds is 3. The number of halogens is 2. The van der Waals surface area contributed by atoms with Crippen LogP contribution in [-0.2, 0) is 6.54 Å². The second-order valence-corrected chi connectivity index (χ2v) is 5.49. The van der Waals surface area contributed by atoms with E-state index in [1.807, 2.05) is 36.4 Å². The third-order valence-electron chi connectivity index (χ3n) is 2.37. The fraction of sp³-hybridized carbons (Fsp3) is 0.0769. The van der Waals surface area contributed by atoms with Crippen LogP contribution in [0.4, 0.5) is 5.82 Å². The van der Waals surface area contributed by atoms with Gasteiger partial charge in [-0.25, -0.2) is 4.98 Å². The molecule has 1 aromatic carbocycles. The molecule has 0 radical (unpaired) electrons. The highest BCUT2D eigenvalue weighted by atomic mass is 79.9. The Morgan fingerprint density at radius 2 is 2.05 bits per heavy atom. The molecule has 1 heterocycles. The van der Waals surface area contributed by atoms with E-state index in [-0.39, 0.29) is 0 Å². The molecule has 0 atom stereocenters. The van der Waals surface area contributed by atoms with Crippen LogP contribution in [0, 0.1) is 0 Å². The first-order chi connectivity index (χ1) is 9.15. The van der Waals surface area contributed by atoms with Crippen LogP contribution in [0.25, 0.3) is 0 Å². The highest BCUT2D eigenvalue weighted by molar-refractivity contribution is 9.10. The van der Waals surface area contributed by atoms with Gasteiger partial charge < -0.3 is 10.6 Å². The van der Waals surface area contributed by atoms with E-state index < -0.39 is 0 Å². The van der Waals surface area contributed by atoms with Gasteiger partial charge in [0.15, 0.2) is 5.11 Å². The molecule has 2 aromatic rings. The molecule has 0 aliphatic carbocycles. The molecule has 1 aromatic heterocycles. The number of hydrogen-bond donors (Lipinski definition) is 2. The summed E-state index contributed by atoms with van der Waals surface area (Å²) in [7, 11) is 0. The molecule has 98 valence electrons. The maximum atomic E-state index is 6.06. The first-order valence-electron chi connectivity index (χ1n) is 5.55. The van der Waals surface area contributed by atoms with Crippen LogP contribution in [0.15, 0.2) is 47.1 Å². The van der Waals surface area contributed by atoms with Crippen molar-refractivity contribution in [2.24, 2.45) is 0 Å². The Bertz CT molecular complexity index is 574. The van der Waals surface area contributed by atoms with Gasteiger partial charge >= 0.3 is 0 Å². The number of nitrogens with zero attached hydrogens (tertiary/aromatic N) is 1. The molecule has 0 aliphatic heterocycles. The zero-order chi connectivity index (χ0) is 13.7. The van der Waals surface area contributed by atoms with Crippen LogP contribution in [0.2, 0.25) is 5.02 Å². The van der Waals surface area contributed by atoms with Gasteiger partial charge in [-0.3, -0.25) is 0 Å². The lowest BCUT2D eigenvalue weighted by atomic mass is 10.2. The van der Waals surface area contributed by atoms with E-state index in [4.69, 9.17) is 23.8 Å². The normalized spacial score (nSPS) is 10.0. The molecular weight excluding hydrogens is 346 g/mol. The van der Waals surface area contributed by atoms with Crippen molar-refractivity contribution < 1.29 is 0 Å². The second-order valence-electron chi connectivity index (χ2n) is 3.76. The van der Waals surface area contributed by atoms with Gasteiger partial charge in [0.05, 0.1) is 0 Å². The van der Waals surface area contributed by atoms with Crippen molar-refractivity contribution in [2.75, 3.05) is 5.32 Å². The van der Waals surface area contributed by atoms with E-state index in [0.29, 0.717) is 17.5 Å². The van der Waals surface area contributed by atoms with Crippen LogP contribution >= 0.6 is 39.7 Å². The molecule has 0 saturated heterocycles. The van der Waals surface area contributed by atoms with Gasteiger partial charge in [-0.1, -0.05) is 29.8 Å². The van der Waals surface area contributed by atoms with Gasteiger partial charge in [-0.05, 0) is 51.9 Å². The van der Waals surface area contributed by atoms with Gasteiger partial charge in [0.2, 0.25) is 0 Å². The zero-order valence-electron chi connectivity index (χ0n) is 9.86. The van der Waals surface area contributed by atoms with Crippen LogP contribution in [0.5, 0.6) is 0 Å². The van der Waals surface area contributed by atoms with Crippen molar-refractivity contribution >= 4 is 50.7 Å². The minimum absolute atomic E-state index is 0.509. The van der Waals surface area contributed by atoms with E-state index in [1.54, 1.807) is 6.20 Å². The van der Waals surface area contributed by atoms with Crippen LogP contribution in [0.3, 0.4) is 0 Å². The molecule has 0 bridgehead atoms. The van der Waals surface area contributed by atoms with Crippen molar-refractivity contribution in [1.82, 2.24) is 10.3 Å². The average molecular weight is 357 g/mol. The van der Waals surface area contributed by atoms with Gasteiger partial charge in [0.1, 0.15) is 5.82 Å². The average Bonchev–Trinajstić information content (AvgIpc) is 2.40. The Kier molecular flexibility index (Phi) is 5.13. The van der Waals surface area contributed by atoms with Crippen molar-refractivity contribution in [1.29, 1.82) is 0 Å². The highest BCUT2D eigenvalue weighted by Crippen LogP contribution is 2.14. The molecule has 0 aliphatic rings. The summed E-state index contributed by atoms with van der Waals surface area (Å²) >= 11 is 14.6. The highest BCUT2D eigenvalue weighted by Gasteiger charge is 2.01. The number of nitrogens with one attached hydrogen (secondary N) is 2. The Hall–Kier alpha value is -1.17. The van der Waals surface area contributed by atoms with Crippen molar-refractivity contribution in [3.05, 3.63) is 57.7 Å². The Balaban J connectivity index is 1.88. The molecule has 19 heavy (non-hydrogen) atoms. The third kappa shape index (κ3) is 4.45. The third-order valence-corrected chi connectivity index (χ3v) is 3.45. The second kappa shape index (κ2) is 6.84. The first kappa shape index (κ1) is 14.2. The smallest absolute Gasteiger partial charge is 0.172 e. The number of hydrogen-bond acceptors (Lipinski definition) is 2. The fourth-order valence-electron chi connectivity index (χ4n) is 1.43. The molecular formula is C13H11BrClN3S. The topological polar surface area (TPSA) is 37.0 Å².